The molecule has 2 atom stereocenters. The Hall–Kier alpha value is -0.420. The molecule has 0 saturated heterocycles. The van der Waals surface area contributed by atoms with Crippen molar-refractivity contribution in [2.75, 3.05) is 20.8 Å². The Bertz CT molecular complexity index is 346. The van der Waals surface area contributed by atoms with E-state index in [0.717, 1.165) is 24.8 Å². The highest BCUT2D eigenvalue weighted by Crippen LogP contribution is 2.53. The van der Waals surface area contributed by atoms with Gasteiger partial charge in [-0.25, -0.2) is 0 Å². The zero-order chi connectivity index (χ0) is 13.4. The summed E-state index contributed by atoms with van der Waals surface area (Å²) >= 11 is 0. The van der Waals surface area contributed by atoms with Crippen molar-refractivity contribution < 1.29 is 19.7 Å². The summed E-state index contributed by atoms with van der Waals surface area (Å²) in [5, 5.41) is 19.8. The largest absolute Gasteiger partial charge is 0.395 e. The summed E-state index contributed by atoms with van der Waals surface area (Å²) < 4.78 is 11.1. The molecule has 0 spiro atoms. The second-order valence-electron chi connectivity index (χ2n) is 5.65. The van der Waals surface area contributed by atoms with Crippen LogP contribution in [0.1, 0.15) is 39.0 Å². The number of rotatable bonds is 3. The molecule has 18 heavy (non-hydrogen) atoms. The van der Waals surface area contributed by atoms with Crippen molar-refractivity contribution in [1.29, 1.82) is 0 Å². The van der Waals surface area contributed by atoms with Crippen LogP contribution in [0.3, 0.4) is 0 Å². The molecule has 2 aliphatic rings. The summed E-state index contributed by atoms with van der Waals surface area (Å²) in [4.78, 5) is 0. The van der Waals surface area contributed by atoms with Gasteiger partial charge in [0.15, 0.2) is 5.79 Å². The number of fused-ring (bicyclic) bond motifs is 1. The molecule has 2 aliphatic carbocycles. The first-order valence-corrected chi connectivity index (χ1v) is 6.62. The van der Waals surface area contributed by atoms with Gasteiger partial charge in [-0.15, -0.1) is 0 Å². The number of ether oxygens (including phenoxy) is 2. The minimum absolute atomic E-state index is 0.0981. The van der Waals surface area contributed by atoms with Crippen molar-refractivity contribution in [3.05, 3.63) is 11.1 Å². The molecule has 0 amide bonds. The third-order valence-corrected chi connectivity index (χ3v) is 4.92. The predicted molar refractivity (Wildman–Crippen MR) is 68.1 cm³/mol. The van der Waals surface area contributed by atoms with Gasteiger partial charge < -0.3 is 19.7 Å². The molecule has 1 fully saturated rings. The number of methoxy groups -OCH3 is 2. The molecule has 0 unspecified atom stereocenters. The lowest BCUT2D eigenvalue weighted by Gasteiger charge is -2.50. The van der Waals surface area contributed by atoms with Crippen molar-refractivity contribution in [3.63, 3.8) is 0 Å². The molecular formula is C14H24O4. The number of hydrogen-bond donors (Lipinski definition) is 2. The van der Waals surface area contributed by atoms with Gasteiger partial charge in [0.25, 0.3) is 0 Å². The zero-order valence-electron chi connectivity index (χ0n) is 11.5. The molecule has 104 valence electrons. The molecule has 2 rings (SSSR count). The summed E-state index contributed by atoms with van der Waals surface area (Å²) in [7, 11) is 3.32. The third kappa shape index (κ3) is 2.01. The van der Waals surface area contributed by atoms with Crippen LogP contribution in [0.25, 0.3) is 0 Å². The second kappa shape index (κ2) is 4.93. The molecule has 1 saturated carbocycles. The standard InChI is InChI=1S/C14H24O4/c1-10-11-4-7-14(17-2,18-3)8-13(11,9-15)6-5-12(10)16/h12,15-16H,4-9H2,1-3H3/t12-,13-/m0/s1. The molecule has 4 heteroatoms. The third-order valence-electron chi connectivity index (χ3n) is 4.92. The molecule has 0 aliphatic heterocycles. The van der Waals surface area contributed by atoms with Gasteiger partial charge in [-0.2, -0.15) is 0 Å². The monoisotopic (exact) mass is 256 g/mol. The van der Waals surface area contributed by atoms with Crippen molar-refractivity contribution in [2.45, 2.75) is 50.9 Å². The molecule has 0 aromatic heterocycles. The van der Waals surface area contributed by atoms with Crippen LogP contribution >= 0.6 is 0 Å². The Labute approximate surface area is 109 Å². The molecule has 0 aromatic carbocycles. The summed E-state index contributed by atoms with van der Waals surface area (Å²) in [5.41, 5.74) is 1.98. The van der Waals surface area contributed by atoms with E-state index in [0.29, 0.717) is 12.8 Å². The average Bonchev–Trinajstić information content (AvgIpc) is 2.42. The van der Waals surface area contributed by atoms with Crippen LogP contribution < -0.4 is 0 Å². The lowest BCUT2D eigenvalue weighted by Crippen LogP contribution is -2.49. The van der Waals surface area contributed by atoms with Crippen LogP contribution in [0, 0.1) is 5.41 Å². The van der Waals surface area contributed by atoms with Crippen LogP contribution in [0.5, 0.6) is 0 Å². The molecule has 0 aromatic rings. The zero-order valence-corrected chi connectivity index (χ0v) is 11.5. The minimum Gasteiger partial charge on any atom is -0.395 e. The van der Waals surface area contributed by atoms with Gasteiger partial charge in [0.2, 0.25) is 0 Å². The van der Waals surface area contributed by atoms with Gasteiger partial charge in [0, 0.05) is 32.5 Å². The van der Waals surface area contributed by atoms with E-state index in [1.165, 1.54) is 5.57 Å². The quantitative estimate of drug-likeness (QED) is 0.595. The Kier molecular flexibility index (Phi) is 3.83. The SMILES string of the molecule is COC1(OC)CCC2=C(C)[C@@H](O)CC[C@@]2(CO)C1. The topological polar surface area (TPSA) is 58.9 Å². The lowest BCUT2D eigenvalue weighted by molar-refractivity contribution is -0.240. The highest BCUT2D eigenvalue weighted by atomic mass is 16.7. The summed E-state index contributed by atoms with van der Waals surface area (Å²) in [6.45, 7) is 2.08. The Morgan fingerprint density at radius 1 is 1.28 bits per heavy atom. The van der Waals surface area contributed by atoms with E-state index in [4.69, 9.17) is 9.47 Å². The Morgan fingerprint density at radius 2 is 1.94 bits per heavy atom. The first kappa shape index (κ1) is 14.0. The summed E-state index contributed by atoms with van der Waals surface area (Å²) in [6.07, 6.45) is 3.43. The van der Waals surface area contributed by atoms with Crippen molar-refractivity contribution >= 4 is 0 Å². The Morgan fingerprint density at radius 3 is 2.50 bits per heavy atom. The highest BCUT2D eigenvalue weighted by Gasteiger charge is 2.50. The Balaban J connectivity index is 2.37. The lowest BCUT2D eigenvalue weighted by atomic mass is 9.61. The maximum absolute atomic E-state index is 9.97. The van der Waals surface area contributed by atoms with Gasteiger partial charge in [-0.05, 0) is 31.8 Å². The van der Waals surface area contributed by atoms with Crippen LogP contribution in [0.15, 0.2) is 11.1 Å². The fourth-order valence-electron chi connectivity index (χ4n) is 3.64. The van der Waals surface area contributed by atoms with E-state index in [2.05, 4.69) is 0 Å². The predicted octanol–water partition coefficient (Wildman–Crippen LogP) is 1.61. The normalized spacial score (nSPS) is 35.5. The van der Waals surface area contributed by atoms with Crippen LogP contribution in [-0.2, 0) is 9.47 Å². The van der Waals surface area contributed by atoms with E-state index in [1.54, 1.807) is 14.2 Å². The van der Waals surface area contributed by atoms with E-state index in [1.807, 2.05) is 6.92 Å². The van der Waals surface area contributed by atoms with Crippen LogP contribution in [0.2, 0.25) is 0 Å². The number of hydrogen-bond acceptors (Lipinski definition) is 4. The van der Waals surface area contributed by atoms with Crippen molar-refractivity contribution in [2.24, 2.45) is 5.41 Å². The molecule has 2 N–H and O–H groups in total. The molecule has 0 radical (unpaired) electrons. The van der Waals surface area contributed by atoms with E-state index < -0.39 is 5.79 Å². The molecular weight excluding hydrogens is 232 g/mol. The maximum atomic E-state index is 9.97. The van der Waals surface area contributed by atoms with E-state index in [9.17, 15) is 10.2 Å². The summed E-state index contributed by atoms with van der Waals surface area (Å²) in [6, 6.07) is 0. The summed E-state index contributed by atoms with van der Waals surface area (Å²) in [5.74, 6) is -0.588. The van der Waals surface area contributed by atoms with Gasteiger partial charge >= 0.3 is 0 Å². The van der Waals surface area contributed by atoms with Crippen molar-refractivity contribution in [3.8, 4) is 0 Å². The van der Waals surface area contributed by atoms with Gasteiger partial charge in [0.1, 0.15) is 0 Å². The van der Waals surface area contributed by atoms with E-state index in [-0.39, 0.29) is 18.1 Å². The smallest absolute Gasteiger partial charge is 0.168 e. The maximum Gasteiger partial charge on any atom is 0.168 e. The molecule has 4 nitrogen and oxygen atoms in total. The highest BCUT2D eigenvalue weighted by molar-refractivity contribution is 5.30. The fraction of sp³-hybridized carbons (Fsp3) is 0.857. The van der Waals surface area contributed by atoms with Crippen molar-refractivity contribution in [1.82, 2.24) is 0 Å². The van der Waals surface area contributed by atoms with Crippen LogP contribution in [-0.4, -0.2) is 42.9 Å². The van der Waals surface area contributed by atoms with Gasteiger partial charge in [0.05, 0.1) is 12.7 Å². The molecule has 0 heterocycles. The van der Waals surface area contributed by atoms with Crippen LogP contribution in [0.4, 0.5) is 0 Å². The number of aliphatic hydroxyl groups is 2. The van der Waals surface area contributed by atoms with E-state index >= 15 is 0 Å². The average molecular weight is 256 g/mol. The second-order valence-corrected chi connectivity index (χ2v) is 5.65. The van der Waals surface area contributed by atoms with Gasteiger partial charge in [-0.3, -0.25) is 0 Å². The van der Waals surface area contributed by atoms with Gasteiger partial charge in [-0.1, -0.05) is 5.57 Å². The minimum atomic E-state index is -0.588. The fourth-order valence-corrected chi connectivity index (χ4v) is 3.64. The first-order valence-electron chi connectivity index (χ1n) is 6.62. The number of aliphatic hydroxyl groups excluding tert-OH is 2. The first-order chi connectivity index (χ1) is 8.52. The molecule has 0 bridgehead atoms.